The minimum absolute atomic E-state index is 0.107. The standard InChI is InChI=1S/C29H31N5O4/c35-26-8-7-24(28(36)32-26)34-16-17-13-19(5-6-21(17)29(34)37)38-25-4-2-1-3-23(25)33-14-18(15-33)20-9-11-30-27-22(20)10-12-31-27/h5-6,9-13,18,23-25H,1-4,7-8,14-16H2,(H,30,31)(H,32,35,36)/t23-,24?,25+/m1/s1. The molecule has 2 N–H and O–H groups in total. The quantitative estimate of drug-likeness (QED) is 0.508. The molecule has 2 aromatic heterocycles. The molecular weight excluding hydrogens is 482 g/mol. The molecule has 9 heteroatoms. The number of rotatable bonds is 5. The third kappa shape index (κ3) is 3.96. The molecule has 5 heterocycles. The van der Waals surface area contributed by atoms with Crippen molar-refractivity contribution >= 4 is 28.8 Å². The Labute approximate surface area is 220 Å². The minimum Gasteiger partial charge on any atom is -0.489 e. The summed E-state index contributed by atoms with van der Waals surface area (Å²) in [6.07, 6.45) is 9.08. The van der Waals surface area contributed by atoms with Crippen LogP contribution in [0.15, 0.2) is 42.7 Å². The van der Waals surface area contributed by atoms with Gasteiger partial charge in [-0.1, -0.05) is 6.42 Å². The Hall–Kier alpha value is -3.72. The highest BCUT2D eigenvalue weighted by molar-refractivity contribution is 6.05. The number of aromatic amines is 1. The molecule has 3 aromatic rings. The second kappa shape index (κ2) is 9.23. The predicted octanol–water partition coefficient (Wildman–Crippen LogP) is 3.11. The molecule has 2 saturated heterocycles. The van der Waals surface area contributed by atoms with Crippen molar-refractivity contribution in [1.82, 2.24) is 25.1 Å². The van der Waals surface area contributed by atoms with Crippen LogP contribution < -0.4 is 10.1 Å². The van der Waals surface area contributed by atoms with Crippen molar-refractivity contribution in [3.05, 3.63) is 59.4 Å². The van der Waals surface area contributed by atoms with Crippen molar-refractivity contribution in [2.45, 2.75) is 69.2 Å². The molecule has 3 aliphatic heterocycles. The van der Waals surface area contributed by atoms with E-state index in [0.29, 0.717) is 30.5 Å². The van der Waals surface area contributed by atoms with Crippen molar-refractivity contribution in [3.63, 3.8) is 0 Å². The molecule has 9 nitrogen and oxygen atoms in total. The van der Waals surface area contributed by atoms with E-state index in [4.69, 9.17) is 4.74 Å². The molecule has 1 aliphatic carbocycles. The van der Waals surface area contributed by atoms with Gasteiger partial charge in [0.25, 0.3) is 5.91 Å². The van der Waals surface area contributed by atoms with Gasteiger partial charge in [0.05, 0.1) is 0 Å². The zero-order chi connectivity index (χ0) is 25.8. The number of piperidine rings is 1. The zero-order valence-electron chi connectivity index (χ0n) is 21.2. The largest absolute Gasteiger partial charge is 0.489 e. The highest BCUT2D eigenvalue weighted by Crippen LogP contribution is 2.38. The number of benzene rings is 1. The molecule has 0 bridgehead atoms. The van der Waals surface area contributed by atoms with E-state index in [1.807, 2.05) is 30.6 Å². The molecule has 0 radical (unpaired) electrons. The molecular formula is C29H31N5O4. The van der Waals surface area contributed by atoms with Crippen molar-refractivity contribution in [3.8, 4) is 5.75 Å². The van der Waals surface area contributed by atoms with Crippen LogP contribution in [0.4, 0.5) is 0 Å². The molecule has 3 amide bonds. The molecule has 1 saturated carbocycles. The van der Waals surface area contributed by atoms with Gasteiger partial charge in [0.1, 0.15) is 23.5 Å². The Morgan fingerprint density at radius 2 is 1.87 bits per heavy atom. The summed E-state index contributed by atoms with van der Waals surface area (Å²) in [4.78, 5) is 48.7. The average molecular weight is 514 g/mol. The van der Waals surface area contributed by atoms with Gasteiger partial charge in [0, 0.05) is 61.4 Å². The molecule has 3 atom stereocenters. The molecule has 1 unspecified atom stereocenters. The van der Waals surface area contributed by atoms with Crippen LogP contribution in [-0.2, 0) is 16.1 Å². The lowest BCUT2D eigenvalue weighted by atomic mass is 9.84. The van der Waals surface area contributed by atoms with Gasteiger partial charge in [-0.15, -0.1) is 0 Å². The first-order chi connectivity index (χ1) is 18.5. The summed E-state index contributed by atoms with van der Waals surface area (Å²) in [7, 11) is 0. The van der Waals surface area contributed by atoms with Crippen LogP contribution in [-0.4, -0.2) is 68.8 Å². The molecule has 7 rings (SSSR count). The zero-order valence-corrected chi connectivity index (χ0v) is 21.2. The normalized spacial score (nSPS) is 26.4. The fourth-order valence-corrected chi connectivity index (χ4v) is 6.75. The summed E-state index contributed by atoms with van der Waals surface area (Å²) >= 11 is 0. The van der Waals surface area contributed by atoms with E-state index >= 15 is 0 Å². The number of ether oxygens (including phenoxy) is 1. The summed E-state index contributed by atoms with van der Waals surface area (Å²) in [5, 5.41) is 3.58. The summed E-state index contributed by atoms with van der Waals surface area (Å²) in [6, 6.07) is 9.70. The van der Waals surface area contributed by atoms with Gasteiger partial charge in [-0.05, 0) is 67.1 Å². The Balaban J connectivity index is 1.03. The maximum Gasteiger partial charge on any atom is 0.255 e. The van der Waals surface area contributed by atoms with Crippen molar-refractivity contribution in [1.29, 1.82) is 0 Å². The lowest BCUT2D eigenvalue weighted by molar-refractivity contribution is -0.136. The molecule has 1 aromatic carbocycles. The highest BCUT2D eigenvalue weighted by atomic mass is 16.5. The van der Waals surface area contributed by atoms with Gasteiger partial charge in [-0.25, -0.2) is 4.98 Å². The van der Waals surface area contributed by atoms with Crippen LogP contribution in [0, 0.1) is 0 Å². The molecule has 3 fully saturated rings. The van der Waals surface area contributed by atoms with Crippen LogP contribution in [0.25, 0.3) is 11.0 Å². The van der Waals surface area contributed by atoms with E-state index in [1.54, 1.807) is 4.90 Å². The number of nitrogens with one attached hydrogen (secondary N) is 2. The maximum atomic E-state index is 13.0. The molecule has 0 spiro atoms. The number of fused-ring (bicyclic) bond motifs is 2. The van der Waals surface area contributed by atoms with Crippen LogP contribution in [0.3, 0.4) is 0 Å². The number of nitrogens with zero attached hydrogens (tertiary/aromatic N) is 3. The first-order valence-corrected chi connectivity index (χ1v) is 13.7. The average Bonchev–Trinajstić information content (AvgIpc) is 3.49. The Kier molecular flexibility index (Phi) is 5.69. The van der Waals surface area contributed by atoms with Gasteiger partial charge in [-0.2, -0.15) is 0 Å². The monoisotopic (exact) mass is 513 g/mol. The lowest BCUT2D eigenvalue weighted by Gasteiger charge is -2.48. The van der Waals surface area contributed by atoms with Crippen molar-refractivity contribution in [2.24, 2.45) is 0 Å². The van der Waals surface area contributed by atoms with E-state index in [9.17, 15) is 14.4 Å². The number of hydrogen-bond acceptors (Lipinski definition) is 6. The first-order valence-electron chi connectivity index (χ1n) is 13.7. The van der Waals surface area contributed by atoms with E-state index in [2.05, 4.69) is 32.3 Å². The molecule has 4 aliphatic rings. The number of amides is 3. The van der Waals surface area contributed by atoms with Gasteiger partial charge >= 0.3 is 0 Å². The topological polar surface area (TPSA) is 108 Å². The predicted molar refractivity (Wildman–Crippen MR) is 140 cm³/mol. The Morgan fingerprint density at radius 3 is 2.74 bits per heavy atom. The number of hydrogen-bond donors (Lipinski definition) is 2. The van der Waals surface area contributed by atoms with Crippen LogP contribution >= 0.6 is 0 Å². The Bertz CT molecular complexity index is 1430. The summed E-state index contributed by atoms with van der Waals surface area (Å²) in [5.41, 5.74) is 3.80. The molecule has 196 valence electrons. The summed E-state index contributed by atoms with van der Waals surface area (Å²) < 4.78 is 6.59. The first kappa shape index (κ1) is 23.4. The number of H-pyrrole nitrogens is 1. The van der Waals surface area contributed by atoms with Crippen LogP contribution in [0.2, 0.25) is 0 Å². The summed E-state index contributed by atoms with van der Waals surface area (Å²) in [6.45, 7) is 2.40. The van der Waals surface area contributed by atoms with E-state index in [1.165, 1.54) is 17.4 Å². The van der Waals surface area contributed by atoms with Gasteiger partial charge in [0.2, 0.25) is 11.8 Å². The van der Waals surface area contributed by atoms with Gasteiger partial charge < -0.3 is 14.6 Å². The highest BCUT2D eigenvalue weighted by Gasteiger charge is 2.41. The van der Waals surface area contributed by atoms with E-state index in [0.717, 1.165) is 49.3 Å². The Morgan fingerprint density at radius 1 is 1.00 bits per heavy atom. The number of aromatic nitrogens is 2. The number of pyridine rings is 1. The molecule has 38 heavy (non-hydrogen) atoms. The van der Waals surface area contributed by atoms with Gasteiger partial charge in [-0.3, -0.25) is 24.6 Å². The summed E-state index contributed by atoms with van der Waals surface area (Å²) in [5.74, 6) is 0.457. The smallest absolute Gasteiger partial charge is 0.255 e. The number of likely N-dealkylation sites (tertiary alicyclic amines) is 1. The minimum atomic E-state index is -0.605. The van der Waals surface area contributed by atoms with Crippen LogP contribution in [0.5, 0.6) is 5.75 Å². The maximum absolute atomic E-state index is 13.0. The number of carbonyl (C=O) groups is 3. The third-order valence-electron chi connectivity index (χ3n) is 8.76. The van der Waals surface area contributed by atoms with Crippen molar-refractivity contribution in [2.75, 3.05) is 13.1 Å². The van der Waals surface area contributed by atoms with Crippen LogP contribution in [0.1, 0.15) is 65.9 Å². The van der Waals surface area contributed by atoms with Crippen molar-refractivity contribution < 1.29 is 19.1 Å². The third-order valence-corrected chi connectivity index (χ3v) is 8.76. The number of carbonyl (C=O) groups excluding carboxylic acids is 3. The fourth-order valence-electron chi connectivity index (χ4n) is 6.75. The fraction of sp³-hybridized carbons (Fsp3) is 0.448. The second-order valence-corrected chi connectivity index (χ2v) is 11.0. The van der Waals surface area contributed by atoms with E-state index < -0.39 is 6.04 Å². The SMILES string of the molecule is O=C1CCC(N2Cc3cc(O[C@H]4CCCC[C@H]4N4CC(c5ccnc6[nH]ccc56)C4)ccc3C2=O)C(=O)N1. The van der Waals surface area contributed by atoms with Gasteiger partial charge in [0.15, 0.2) is 0 Å². The number of imide groups is 1. The lowest BCUT2D eigenvalue weighted by Crippen LogP contribution is -2.57. The second-order valence-electron chi connectivity index (χ2n) is 11.0. The van der Waals surface area contributed by atoms with E-state index in [-0.39, 0.29) is 30.2 Å².